The lowest BCUT2D eigenvalue weighted by atomic mass is 10.1. The molecule has 8 heteroatoms. The number of nitrogens with zero attached hydrogens (tertiary/aromatic N) is 3. The number of ether oxygens (including phenoxy) is 1. The minimum absolute atomic E-state index is 0.233. The van der Waals surface area contributed by atoms with Crippen LogP contribution in [-0.4, -0.2) is 51.9 Å². The first-order chi connectivity index (χ1) is 9.19. The molecule has 0 radical (unpaired) electrons. The van der Waals surface area contributed by atoms with Gasteiger partial charge in [-0.25, -0.2) is 9.78 Å². The van der Waals surface area contributed by atoms with Gasteiger partial charge in [-0.15, -0.1) is 0 Å². The third-order valence-corrected chi connectivity index (χ3v) is 3.12. The summed E-state index contributed by atoms with van der Waals surface area (Å²) in [5.41, 5.74) is 0. The second-order valence-corrected chi connectivity index (χ2v) is 4.66. The summed E-state index contributed by atoms with van der Waals surface area (Å²) < 4.78 is 5.33. The second-order valence-electron chi connectivity index (χ2n) is 4.28. The number of H-pyrrole nitrogens is 1. The Bertz CT molecular complexity index is 484. The molecule has 7 nitrogen and oxygen atoms in total. The fraction of sp³-hybridized carbons (Fsp3) is 0.636. The molecule has 104 valence electrons. The molecule has 2 rings (SSSR count). The van der Waals surface area contributed by atoms with E-state index in [2.05, 4.69) is 20.5 Å². The van der Waals surface area contributed by atoms with E-state index in [4.69, 9.17) is 17.0 Å². The van der Waals surface area contributed by atoms with Gasteiger partial charge in [-0.05, 0) is 32.0 Å². The van der Waals surface area contributed by atoms with Crippen LogP contribution in [0, 0.1) is 4.77 Å². The number of carbonyl (C=O) groups excluding carboxylic acids is 1. The van der Waals surface area contributed by atoms with Crippen molar-refractivity contribution in [2.75, 3.05) is 25.0 Å². The van der Waals surface area contributed by atoms with Gasteiger partial charge in [-0.3, -0.25) is 5.10 Å². The highest BCUT2D eigenvalue weighted by Gasteiger charge is 2.23. The Balaban J connectivity index is 1.83. The Morgan fingerprint density at radius 1 is 1.63 bits per heavy atom. The maximum Gasteiger partial charge on any atom is 0.409 e. The van der Waals surface area contributed by atoms with Gasteiger partial charge in [0.2, 0.25) is 4.77 Å². The van der Waals surface area contributed by atoms with Crippen molar-refractivity contribution in [3.63, 3.8) is 0 Å². The summed E-state index contributed by atoms with van der Waals surface area (Å²) in [6, 6.07) is 0.275. The summed E-state index contributed by atoms with van der Waals surface area (Å²) in [5, 5.41) is 9.74. The highest BCUT2D eigenvalue weighted by molar-refractivity contribution is 7.71. The lowest BCUT2D eigenvalue weighted by molar-refractivity contribution is 0.0983. The van der Waals surface area contributed by atoms with Gasteiger partial charge in [0.05, 0.1) is 12.8 Å². The lowest BCUT2D eigenvalue weighted by Gasteiger charge is -2.31. The minimum Gasteiger partial charge on any atom is -0.450 e. The molecule has 0 atom stereocenters. The number of anilines is 1. The lowest BCUT2D eigenvalue weighted by Crippen LogP contribution is -2.42. The molecule has 1 aliphatic rings. The summed E-state index contributed by atoms with van der Waals surface area (Å²) in [4.78, 5) is 17.4. The van der Waals surface area contributed by atoms with Crippen LogP contribution >= 0.6 is 12.2 Å². The molecule has 1 aromatic rings. The predicted octanol–water partition coefficient (Wildman–Crippen LogP) is 1.57. The van der Waals surface area contributed by atoms with Gasteiger partial charge in [-0.2, -0.15) is 5.10 Å². The quantitative estimate of drug-likeness (QED) is 0.819. The van der Waals surface area contributed by atoms with Gasteiger partial charge in [0.15, 0.2) is 0 Å². The maximum atomic E-state index is 11.6. The molecule has 0 unspecified atom stereocenters. The van der Waals surface area contributed by atoms with Gasteiger partial charge in [-0.1, -0.05) is 0 Å². The van der Waals surface area contributed by atoms with Crippen LogP contribution in [0.1, 0.15) is 19.8 Å². The van der Waals surface area contributed by atoms with Crippen molar-refractivity contribution in [1.82, 2.24) is 20.1 Å². The molecular weight excluding hydrogens is 266 g/mol. The van der Waals surface area contributed by atoms with Crippen LogP contribution in [0.3, 0.4) is 0 Å². The molecule has 1 fully saturated rings. The number of piperidine rings is 1. The van der Waals surface area contributed by atoms with E-state index in [-0.39, 0.29) is 12.1 Å². The molecule has 0 aromatic carbocycles. The Morgan fingerprint density at radius 3 is 3.00 bits per heavy atom. The summed E-state index contributed by atoms with van der Waals surface area (Å²) in [7, 11) is 0. The standard InChI is InChI=1S/C11H17N5O2S/c1-2-18-11(17)16-5-3-8(4-6-16)13-9-7-12-15-10(19)14-9/h7-8H,2-6H2,1H3,(H2,13,14,15,19). The van der Waals surface area contributed by atoms with Crippen molar-refractivity contribution in [2.24, 2.45) is 0 Å². The zero-order chi connectivity index (χ0) is 13.7. The molecule has 1 saturated heterocycles. The van der Waals surface area contributed by atoms with Crippen LogP contribution in [0.4, 0.5) is 10.6 Å². The topological polar surface area (TPSA) is 83.1 Å². The van der Waals surface area contributed by atoms with E-state index in [9.17, 15) is 4.79 Å². The van der Waals surface area contributed by atoms with Crippen LogP contribution in [0.15, 0.2) is 6.20 Å². The number of nitrogens with one attached hydrogen (secondary N) is 2. The number of hydrogen-bond acceptors (Lipinski definition) is 6. The summed E-state index contributed by atoms with van der Waals surface area (Å²) in [5.74, 6) is 0.665. The maximum absolute atomic E-state index is 11.6. The van der Waals surface area contributed by atoms with Crippen molar-refractivity contribution < 1.29 is 9.53 Å². The number of rotatable bonds is 3. The average Bonchev–Trinajstić information content (AvgIpc) is 2.40. The third-order valence-electron chi connectivity index (χ3n) is 2.94. The number of likely N-dealkylation sites (tertiary alicyclic amines) is 1. The summed E-state index contributed by atoms with van der Waals surface area (Å²) in [6.45, 7) is 3.59. The molecule has 1 aliphatic heterocycles. The SMILES string of the molecule is CCOC(=O)N1CCC(Nc2cn[nH]c(=S)n2)CC1. The fourth-order valence-corrected chi connectivity index (χ4v) is 2.16. The van der Waals surface area contributed by atoms with Crippen LogP contribution in [0.5, 0.6) is 0 Å². The largest absolute Gasteiger partial charge is 0.450 e. The Hall–Kier alpha value is -1.70. The molecule has 0 spiro atoms. The van der Waals surface area contributed by atoms with E-state index in [0.717, 1.165) is 12.8 Å². The normalized spacial score (nSPS) is 16.2. The second kappa shape index (κ2) is 6.46. The number of hydrogen-bond donors (Lipinski definition) is 2. The number of carbonyl (C=O) groups is 1. The molecule has 0 aliphatic carbocycles. The molecule has 0 saturated carbocycles. The van der Waals surface area contributed by atoms with Crippen molar-refractivity contribution in [2.45, 2.75) is 25.8 Å². The first kappa shape index (κ1) is 13.7. The fourth-order valence-electron chi connectivity index (χ4n) is 2.01. The van der Waals surface area contributed by atoms with Gasteiger partial charge in [0.25, 0.3) is 0 Å². The molecule has 0 bridgehead atoms. The molecule has 1 amide bonds. The first-order valence-electron chi connectivity index (χ1n) is 6.29. The Morgan fingerprint density at radius 2 is 2.37 bits per heavy atom. The van der Waals surface area contributed by atoms with Crippen LogP contribution in [0.2, 0.25) is 0 Å². The predicted molar refractivity (Wildman–Crippen MR) is 72.5 cm³/mol. The van der Waals surface area contributed by atoms with E-state index in [0.29, 0.717) is 30.3 Å². The van der Waals surface area contributed by atoms with Gasteiger partial charge >= 0.3 is 6.09 Å². The van der Waals surface area contributed by atoms with E-state index in [1.54, 1.807) is 11.1 Å². The highest BCUT2D eigenvalue weighted by atomic mass is 32.1. The number of aromatic amines is 1. The average molecular weight is 283 g/mol. The van der Waals surface area contributed by atoms with Crippen molar-refractivity contribution in [3.8, 4) is 0 Å². The molecule has 2 N–H and O–H groups in total. The van der Waals surface area contributed by atoms with Gasteiger partial charge in [0.1, 0.15) is 5.82 Å². The number of aromatic nitrogens is 3. The zero-order valence-electron chi connectivity index (χ0n) is 10.8. The summed E-state index contributed by atoms with van der Waals surface area (Å²) in [6.07, 6.45) is 3.08. The van der Waals surface area contributed by atoms with E-state index in [1.807, 2.05) is 6.92 Å². The van der Waals surface area contributed by atoms with Crippen molar-refractivity contribution in [3.05, 3.63) is 11.0 Å². The van der Waals surface area contributed by atoms with Crippen molar-refractivity contribution in [1.29, 1.82) is 0 Å². The van der Waals surface area contributed by atoms with Crippen molar-refractivity contribution >= 4 is 24.1 Å². The Labute approximate surface area is 116 Å². The molecular formula is C11H17N5O2S. The zero-order valence-corrected chi connectivity index (χ0v) is 11.6. The molecule has 19 heavy (non-hydrogen) atoms. The summed E-state index contributed by atoms with van der Waals surface area (Å²) >= 11 is 4.91. The first-order valence-corrected chi connectivity index (χ1v) is 6.70. The molecule has 1 aromatic heterocycles. The van der Waals surface area contributed by atoms with Gasteiger partial charge < -0.3 is 15.0 Å². The Kier molecular flexibility index (Phi) is 4.67. The van der Waals surface area contributed by atoms with E-state index < -0.39 is 0 Å². The van der Waals surface area contributed by atoms with E-state index in [1.165, 1.54) is 0 Å². The molecule has 2 heterocycles. The van der Waals surface area contributed by atoms with Crippen LogP contribution in [-0.2, 0) is 4.74 Å². The monoisotopic (exact) mass is 283 g/mol. The van der Waals surface area contributed by atoms with Crippen LogP contribution < -0.4 is 5.32 Å². The number of amides is 1. The minimum atomic E-state index is -0.233. The van der Waals surface area contributed by atoms with Gasteiger partial charge in [0, 0.05) is 19.1 Å². The van der Waals surface area contributed by atoms with E-state index >= 15 is 0 Å². The highest BCUT2D eigenvalue weighted by Crippen LogP contribution is 2.15. The smallest absolute Gasteiger partial charge is 0.409 e. The third kappa shape index (κ3) is 3.88. The van der Waals surface area contributed by atoms with Crippen LogP contribution in [0.25, 0.3) is 0 Å².